The third-order valence-corrected chi connectivity index (χ3v) is 4.00. The molecule has 1 heterocycles. The normalized spacial score (nSPS) is 13.4. The van der Waals surface area contributed by atoms with Crippen LogP contribution in [-0.4, -0.2) is 12.4 Å². The largest absolute Gasteiger partial charge is 0.493 e. The van der Waals surface area contributed by atoms with Crippen molar-refractivity contribution in [2.24, 2.45) is 0 Å². The fourth-order valence-electron chi connectivity index (χ4n) is 2.76. The zero-order valence-corrected chi connectivity index (χ0v) is 12.4. The average Bonchev–Trinajstić information content (AvgIpc) is 2.53. The summed E-state index contributed by atoms with van der Waals surface area (Å²) in [6.45, 7) is 2.79. The molecule has 0 unspecified atom stereocenters. The number of para-hydroxylation sites is 1. The summed E-state index contributed by atoms with van der Waals surface area (Å²) in [5.41, 5.74) is 4.37. The molecule has 0 amide bonds. The van der Waals surface area contributed by atoms with Crippen molar-refractivity contribution in [2.75, 3.05) is 6.61 Å². The molecule has 1 aliphatic heterocycles. The van der Waals surface area contributed by atoms with Crippen LogP contribution in [0.1, 0.15) is 39.9 Å². The van der Waals surface area contributed by atoms with Crippen molar-refractivity contribution >= 4 is 5.78 Å². The van der Waals surface area contributed by atoms with Crippen molar-refractivity contribution in [1.82, 2.24) is 0 Å². The Morgan fingerprint density at radius 2 is 1.95 bits per heavy atom. The molecule has 0 saturated carbocycles. The Labute approximate surface area is 125 Å². The van der Waals surface area contributed by atoms with Crippen LogP contribution < -0.4 is 4.74 Å². The summed E-state index contributed by atoms with van der Waals surface area (Å²) in [5.74, 6) is 0.993. The first-order valence-electron chi connectivity index (χ1n) is 7.57. The number of Topliss-reactive ketones (excluding diaryl/α,β-unsaturated/α-hetero) is 1. The molecule has 0 radical (unpaired) electrons. The molecule has 2 aromatic rings. The van der Waals surface area contributed by atoms with E-state index in [0.29, 0.717) is 6.42 Å². The Kier molecular flexibility index (Phi) is 4.05. The number of hydrogen-bond acceptors (Lipinski definition) is 2. The van der Waals surface area contributed by atoms with E-state index in [1.807, 2.05) is 12.1 Å². The van der Waals surface area contributed by atoms with Gasteiger partial charge in [0.2, 0.25) is 0 Å². The van der Waals surface area contributed by atoms with Crippen LogP contribution in [-0.2, 0) is 12.8 Å². The van der Waals surface area contributed by atoms with Gasteiger partial charge >= 0.3 is 0 Å². The van der Waals surface area contributed by atoms with Crippen LogP contribution in [0.15, 0.2) is 42.5 Å². The van der Waals surface area contributed by atoms with Crippen LogP contribution >= 0.6 is 0 Å². The Bertz CT molecular complexity index is 641. The second-order valence-electron chi connectivity index (χ2n) is 5.65. The standard InChI is InChI=1S/C19H20O2/c1-14-7-9-15(10-8-14)11-12-18(20)17-6-2-4-16-5-3-13-21-19(16)17/h2,4,6-10H,3,5,11-13H2,1H3. The number of hydrogen-bond donors (Lipinski definition) is 0. The minimum absolute atomic E-state index is 0.175. The van der Waals surface area contributed by atoms with Crippen LogP contribution in [0.25, 0.3) is 0 Å². The van der Waals surface area contributed by atoms with Crippen LogP contribution in [0, 0.1) is 6.92 Å². The summed E-state index contributed by atoms with van der Waals surface area (Å²) < 4.78 is 5.72. The average molecular weight is 280 g/mol. The second-order valence-corrected chi connectivity index (χ2v) is 5.65. The molecule has 21 heavy (non-hydrogen) atoms. The molecule has 0 fully saturated rings. The van der Waals surface area contributed by atoms with Crippen molar-refractivity contribution < 1.29 is 9.53 Å². The summed E-state index contributed by atoms with van der Waals surface area (Å²) in [6.07, 6.45) is 3.36. The zero-order valence-electron chi connectivity index (χ0n) is 12.4. The lowest BCUT2D eigenvalue weighted by molar-refractivity contribution is 0.0978. The number of benzene rings is 2. The number of rotatable bonds is 4. The van der Waals surface area contributed by atoms with E-state index < -0.39 is 0 Å². The monoisotopic (exact) mass is 280 g/mol. The first kappa shape index (κ1) is 13.9. The third-order valence-electron chi connectivity index (χ3n) is 4.00. The molecule has 0 N–H and O–H groups in total. The summed E-state index contributed by atoms with van der Waals surface area (Å²) in [4.78, 5) is 12.5. The van der Waals surface area contributed by atoms with Gasteiger partial charge in [0.1, 0.15) is 5.75 Å². The van der Waals surface area contributed by atoms with E-state index in [1.54, 1.807) is 0 Å². The molecule has 2 heteroatoms. The Balaban J connectivity index is 1.72. The molecule has 0 aromatic heterocycles. The molecular formula is C19H20O2. The van der Waals surface area contributed by atoms with Crippen molar-refractivity contribution in [1.29, 1.82) is 0 Å². The van der Waals surface area contributed by atoms with Gasteiger partial charge in [-0.25, -0.2) is 0 Å². The fourth-order valence-corrected chi connectivity index (χ4v) is 2.76. The fraction of sp³-hybridized carbons (Fsp3) is 0.316. The quantitative estimate of drug-likeness (QED) is 0.787. The highest BCUT2D eigenvalue weighted by Crippen LogP contribution is 2.29. The lowest BCUT2D eigenvalue weighted by atomic mass is 9.97. The maximum Gasteiger partial charge on any atom is 0.166 e. The van der Waals surface area contributed by atoms with Gasteiger partial charge < -0.3 is 4.74 Å². The molecule has 0 aliphatic carbocycles. The molecule has 108 valence electrons. The minimum atomic E-state index is 0.175. The third kappa shape index (κ3) is 3.15. The van der Waals surface area contributed by atoms with Gasteiger partial charge in [-0.2, -0.15) is 0 Å². The zero-order chi connectivity index (χ0) is 14.7. The maximum absolute atomic E-state index is 12.5. The highest BCUT2D eigenvalue weighted by molar-refractivity contribution is 5.99. The number of fused-ring (bicyclic) bond motifs is 1. The van der Waals surface area contributed by atoms with Crippen LogP contribution in [0.2, 0.25) is 0 Å². The number of ketones is 1. The first-order chi connectivity index (χ1) is 10.2. The van der Waals surface area contributed by atoms with E-state index in [2.05, 4.69) is 37.3 Å². The van der Waals surface area contributed by atoms with Gasteiger partial charge in [-0.15, -0.1) is 0 Å². The summed E-state index contributed by atoms with van der Waals surface area (Å²) >= 11 is 0. The van der Waals surface area contributed by atoms with Crippen LogP contribution in [0.4, 0.5) is 0 Å². The van der Waals surface area contributed by atoms with Crippen molar-refractivity contribution in [3.05, 3.63) is 64.7 Å². The molecule has 2 aromatic carbocycles. The van der Waals surface area contributed by atoms with Crippen molar-refractivity contribution in [2.45, 2.75) is 32.6 Å². The number of carbonyl (C=O) groups is 1. The topological polar surface area (TPSA) is 26.3 Å². The minimum Gasteiger partial charge on any atom is -0.493 e. The van der Waals surface area contributed by atoms with Crippen molar-refractivity contribution in [3.63, 3.8) is 0 Å². The summed E-state index contributed by atoms with van der Waals surface area (Å²) in [5, 5.41) is 0. The predicted octanol–water partition coefficient (Wildman–Crippen LogP) is 4.14. The van der Waals surface area contributed by atoms with Crippen LogP contribution in [0.3, 0.4) is 0 Å². The number of aryl methyl sites for hydroxylation is 3. The summed E-state index contributed by atoms with van der Waals surface area (Å²) in [6, 6.07) is 14.3. The van der Waals surface area contributed by atoms with Gasteiger partial charge in [-0.05, 0) is 43.4 Å². The van der Waals surface area contributed by atoms with E-state index in [9.17, 15) is 4.79 Å². The molecule has 0 atom stereocenters. The Hall–Kier alpha value is -2.09. The molecule has 0 bridgehead atoms. The summed E-state index contributed by atoms with van der Waals surface area (Å²) in [7, 11) is 0. The second kappa shape index (κ2) is 6.13. The van der Waals surface area contributed by atoms with Gasteiger partial charge in [0.15, 0.2) is 5.78 Å². The van der Waals surface area contributed by atoms with Gasteiger partial charge in [0, 0.05) is 6.42 Å². The number of carbonyl (C=O) groups excluding carboxylic acids is 1. The lowest BCUT2D eigenvalue weighted by Gasteiger charge is -2.19. The van der Waals surface area contributed by atoms with E-state index in [4.69, 9.17) is 4.74 Å². The van der Waals surface area contributed by atoms with E-state index in [0.717, 1.165) is 37.2 Å². The Morgan fingerprint density at radius 3 is 2.76 bits per heavy atom. The van der Waals surface area contributed by atoms with E-state index >= 15 is 0 Å². The van der Waals surface area contributed by atoms with Gasteiger partial charge in [0.25, 0.3) is 0 Å². The predicted molar refractivity (Wildman–Crippen MR) is 84.1 cm³/mol. The van der Waals surface area contributed by atoms with E-state index in [-0.39, 0.29) is 5.78 Å². The molecule has 1 aliphatic rings. The molecular weight excluding hydrogens is 260 g/mol. The maximum atomic E-state index is 12.5. The molecule has 3 rings (SSSR count). The lowest BCUT2D eigenvalue weighted by Crippen LogP contribution is -2.13. The van der Waals surface area contributed by atoms with E-state index in [1.165, 1.54) is 16.7 Å². The van der Waals surface area contributed by atoms with Crippen molar-refractivity contribution in [3.8, 4) is 5.75 Å². The number of ether oxygens (including phenoxy) is 1. The molecule has 0 spiro atoms. The smallest absolute Gasteiger partial charge is 0.166 e. The first-order valence-corrected chi connectivity index (χ1v) is 7.57. The SMILES string of the molecule is Cc1ccc(CCC(=O)c2cccc3c2OCCC3)cc1. The van der Waals surface area contributed by atoms with Gasteiger partial charge in [-0.3, -0.25) is 4.79 Å². The highest BCUT2D eigenvalue weighted by Gasteiger charge is 2.18. The molecule has 2 nitrogen and oxygen atoms in total. The van der Waals surface area contributed by atoms with Gasteiger partial charge in [0.05, 0.1) is 12.2 Å². The molecule has 0 saturated heterocycles. The highest BCUT2D eigenvalue weighted by atomic mass is 16.5. The van der Waals surface area contributed by atoms with Gasteiger partial charge in [-0.1, -0.05) is 42.0 Å². The van der Waals surface area contributed by atoms with Crippen LogP contribution in [0.5, 0.6) is 5.75 Å². The Morgan fingerprint density at radius 1 is 1.14 bits per heavy atom.